The van der Waals surface area contributed by atoms with E-state index in [1.165, 1.54) is 7.11 Å². The average Bonchev–Trinajstić information content (AvgIpc) is 3.04. The summed E-state index contributed by atoms with van der Waals surface area (Å²) in [7, 11) is 4.43. The van der Waals surface area contributed by atoms with E-state index in [0.717, 1.165) is 0 Å². The SMILES string of the molecule is B[C@@H]1OCC(COC)[C@@H]1OP(=O)(OC)OC1CO[C@@H](B)[C@H]1OC. The Kier molecular flexibility index (Phi) is 7.13. The molecule has 0 aromatic carbocycles. The minimum atomic E-state index is -3.77. The van der Waals surface area contributed by atoms with Crippen LogP contribution in [0.2, 0.25) is 0 Å². The third-order valence-corrected chi connectivity index (χ3v) is 5.72. The molecule has 0 aromatic rings. The monoisotopic (exact) mass is 350 g/mol. The third kappa shape index (κ3) is 4.58. The lowest BCUT2D eigenvalue weighted by Crippen LogP contribution is -2.36. The molecule has 0 aromatic heterocycles. The molecule has 11 heteroatoms. The lowest BCUT2D eigenvalue weighted by Gasteiger charge is -2.28. The van der Waals surface area contributed by atoms with Crippen molar-refractivity contribution < 1.29 is 37.1 Å². The lowest BCUT2D eigenvalue weighted by molar-refractivity contribution is -0.0122. The van der Waals surface area contributed by atoms with Crippen LogP contribution in [0.4, 0.5) is 0 Å². The van der Waals surface area contributed by atoms with Crippen molar-refractivity contribution in [2.45, 2.75) is 30.3 Å². The summed E-state index contributed by atoms with van der Waals surface area (Å²) in [4.78, 5) is 0. The van der Waals surface area contributed by atoms with Gasteiger partial charge in [-0.1, -0.05) is 0 Å². The molecule has 2 heterocycles. The zero-order valence-electron chi connectivity index (χ0n) is 14.3. The summed E-state index contributed by atoms with van der Waals surface area (Å²) in [6.45, 7) is 1.20. The van der Waals surface area contributed by atoms with Gasteiger partial charge < -0.3 is 18.9 Å². The second-order valence-electron chi connectivity index (χ2n) is 5.84. The second kappa shape index (κ2) is 8.45. The molecule has 0 radical (unpaired) electrons. The van der Waals surface area contributed by atoms with Gasteiger partial charge in [-0.3, -0.25) is 13.6 Å². The molecule has 2 fully saturated rings. The zero-order chi connectivity index (χ0) is 17.0. The zero-order valence-corrected chi connectivity index (χ0v) is 15.2. The summed E-state index contributed by atoms with van der Waals surface area (Å²) in [5, 5.41) is 0. The van der Waals surface area contributed by atoms with Gasteiger partial charge in [-0.25, -0.2) is 4.57 Å². The number of hydrogen-bond donors (Lipinski definition) is 0. The van der Waals surface area contributed by atoms with Crippen molar-refractivity contribution in [3.05, 3.63) is 0 Å². The van der Waals surface area contributed by atoms with Gasteiger partial charge >= 0.3 is 7.82 Å². The van der Waals surface area contributed by atoms with E-state index >= 15 is 0 Å². The summed E-state index contributed by atoms with van der Waals surface area (Å²) in [5.41, 5.74) is 0. The van der Waals surface area contributed by atoms with Crippen LogP contribution in [-0.4, -0.2) is 87.2 Å². The summed E-state index contributed by atoms with van der Waals surface area (Å²) < 4.78 is 50.8. The molecule has 2 rings (SSSR count). The first-order valence-corrected chi connectivity index (χ1v) is 9.17. The van der Waals surface area contributed by atoms with E-state index in [4.69, 9.17) is 32.5 Å². The number of hydrogen-bond acceptors (Lipinski definition) is 8. The van der Waals surface area contributed by atoms with E-state index in [1.807, 2.05) is 15.7 Å². The molecule has 0 amide bonds. The Labute approximate surface area is 138 Å². The van der Waals surface area contributed by atoms with Gasteiger partial charge in [0.25, 0.3) is 0 Å². The average molecular weight is 350 g/mol. The fourth-order valence-corrected chi connectivity index (χ4v) is 4.35. The Balaban J connectivity index is 2.03. The molecule has 0 aliphatic carbocycles. The van der Waals surface area contributed by atoms with Crippen LogP contribution in [-0.2, 0) is 37.1 Å². The first kappa shape index (κ1) is 19.4. The Hall–Kier alpha value is 0.0799. The fraction of sp³-hybridized carbons (Fsp3) is 1.00. The van der Waals surface area contributed by atoms with Gasteiger partial charge in [-0.15, -0.1) is 0 Å². The quantitative estimate of drug-likeness (QED) is 0.398. The number of ether oxygens (including phenoxy) is 4. The number of phosphoric acid groups is 1. The molecule has 8 nitrogen and oxygen atoms in total. The van der Waals surface area contributed by atoms with E-state index in [1.54, 1.807) is 14.2 Å². The largest absolute Gasteiger partial charge is 0.475 e. The summed E-state index contributed by atoms with van der Waals surface area (Å²) in [6, 6.07) is -0.371. The normalized spacial score (nSPS) is 40.3. The molecule has 2 saturated heterocycles. The molecule has 2 aliphatic rings. The predicted octanol–water partition coefficient (Wildman–Crippen LogP) is -1.23. The van der Waals surface area contributed by atoms with E-state index in [2.05, 4.69) is 0 Å². The van der Waals surface area contributed by atoms with Crippen LogP contribution in [0, 0.1) is 5.92 Å². The summed E-state index contributed by atoms with van der Waals surface area (Å²) in [5.74, 6) is -0.0287. The minimum absolute atomic E-state index is 0.0287. The first-order chi connectivity index (χ1) is 10.9. The maximum absolute atomic E-state index is 12.9. The van der Waals surface area contributed by atoms with Gasteiger partial charge in [0.2, 0.25) is 0 Å². The molecule has 2 aliphatic heterocycles. The van der Waals surface area contributed by atoms with Crippen LogP contribution >= 0.6 is 7.82 Å². The first-order valence-electron chi connectivity index (χ1n) is 7.71. The van der Waals surface area contributed by atoms with Gasteiger partial charge in [0, 0.05) is 27.2 Å². The molecule has 0 spiro atoms. The maximum atomic E-state index is 12.9. The molecule has 0 bridgehead atoms. The smallest absolute Gasteiger partial charge is 0.384 e. The highest BCUT2D eigenvalue weighted by molar-refractivity contribution is 7.48. The molecule has 7 atom stereocenters. The number of methoxy groups -OCH3 is 2. The van der Waals surface area contributed by atoms with E-state index in [0.29, 0.717) is 13.2 Å². The van der Waals surface area contributed by atoms with Crippen molar-refractivity contribution in [2.75, 3.05) is 41.2 Å². The maximum Gasteiger partial charge on any atom is 0.475 e. The molecule has 132 valence electrons. The number of phosphoric ester groups is 1. The summed E-state index contributed by atoms with van der Waals surface area (Å²) in [6.07, 6.45) is -1.27. The molecule has 0 saturated carbocycles. The van der Waals surface area contributed by atoms with E-state index in [-0.39, 0.29) is 30.6 Å². The van der Waals surface area contributed by atoms with Gasteiger partial charge in [0.1, 0.15) is 27.9 Å². The van der Waals surface area contributed by atoms with E-state index < -0.39 is 20.0 Å². The van der Waals surface area contributed by atoms with Crippen molar-refractivity contribution in [1.82, 2.24) is 0 Å². The molecule has 3 unspecified atom stereocenters. The molecule has 0 N–H and O–H groups in total. The molecular formula is C12H25B2O8P. The molecule has 23 heavy (non-hydrogen) atoms. The van der Waals surface area contributed by atoms with Crippen LogP contribution in [0.3, 0.4) is 0 Å². The van der Waals surface area contributed by atoms with Crippen molar-refractivity contribution >= 4 is 23.5 Å². The number of rotatable bonds is 8. The van der Waals surface area contributed by atoms with E-state index in [9.17, 15) is 4.57 Å². The highest BCUT2D eigenvalue weighted by Crippen LogP contribution is 2.53. The van der Waals surface area contributed by atoms with Crippen molar-refractivity contribution in [2.24, 2.45) is 5.92 Å². The van der Waals surface area contributed by atoms with Gasteiger partial charge in [-0.05, 0) is 0 Å². The highest BCUT2D eigenvalue weighted by Gasteiger charge is 2.45. The van der Waals surface area contributed by atoms with Crippen LogP contribution in [0.1, 0.15) is 0 Å². The predicted molar refractivity (Wildman–Crippen MR) is 87.1 cm³/mol. The van der Waals surface area contributed by atoms with Crippen LogP contribution < -0.4 is 0 Å². The van der Waals surface area contributed by atoms with Crippen molar-refractivity contribution in [3.8, 4) is 0 Å². The van der Waals surface area contributed by atoms with Gasteiger partial charge in [0.15, 0.2) is 0 Å². The third-order valence-electron chi connectivity index (χ3n) is 4.24. The van der Waals surface area contributed by atoms with Gasteiger partial charge in [0.05, 0.1) is 37.9 Å². The lowest BCUT2D eigenvalue weighted by atomic mass is 9.90. The van der Waals surface area contributed by atoms with Crippen LogP contribution in [0.5, 0.6) is 0 Å². The highest BCUT2D eigenvalue weighted by atomic mass is 31.2. The Bertz CT molecular complexity index is 426. The topological polar surface area (TPSA) is 81.7 Å². The molecular weight excluding hydrogens is 325 g/mol. The standard InChI is InChI=1S/C12H25B2O8P/c1-16-4-7-5-19-11(13)9(7)22-23(15,18-3)21-8-6-20-12(14)10(8)17-2/h7-12H,4-6,13-14H2,1-3H3/t7?,8?,9-,10-,11+,12+,23?/m0/s1. The Morgan fingerprint density at radius 3 is 2.30 bits per heavy atom. The second-order valence-corrected chi connectivity index (χ2v) is 7.52. The Morgan fingerprint density at radius 1 is 1.04 bits per heavy atom. The fourth-order valence-electron chi connectivity index (χ4n) is 2.98. The van der Waals surface area contributed by atoms with Crippen molar-refractivity contribution in [3.63, 3.8) is 0 Å². The van der Waals surface area contributed by atoms with Crippen molar-refractivity contribution in [1.29, 1.82) is 0 Å². The van der Waals surface area contributed by atoms with Crippen LogP contribution in [0.25, 0.3) is 0 Å². The minimum Gasteiger partial charge on any atom is -0.384 e. The van der Waals surface area contributed by atoms with Gasteiger partial charge in [-0.2, -0.15) is 0 Å². The summed E-state index contributed by atoms with van der Waals surface area (Å²) >= 11 is 0. The Morgan fingerprint density at radius 2 is 1.70 bits per heavy atom. The van der Waals surface area contributed by atoms with Crippen LogP contribution in [0.15, 0.2) is 0 Å².